The van der Waals surface area contributed by atoms with Crippen LogP contribution in [0.15, 0.2) is 49.1 Å². The summed E-state index contributed by atoms with van der Waals surface area (Å²) in [5.74, 6) is 11.6. The quantitative estimate of drug-likeness (QED) is 0.0670. The molecule has 0 heterocycles. The topological polar surface area (TPSA) is 123 Å². The van der Waals surface area contributed by atoms with Gasteiger partial charge in [0.05, 0.1) is 12.2 Å². The summed E-state index contributed by atoms with van der Waals surface area (Å²) in [6.07, 6.45) is 35.0. The van der Waals surface area contributed by atoms with Gasteiger partial charge in [-0.05, 0) is 292 Å². The van der Waals surface area contributed by atoms with Crippen LogP contribution in [0.5, 0.6) is 0 Å². The molecule has 6 nitrogen and oxygen atoms in total. The van der Waals surface area contributed by atoms with Gasteiger partial charge in [-0.15, -0.1) is 6.58 Å². The van der Waals surface area contributed by atoms with Gasteiger partial charge in [-0.1, -0.05) is 108 Å². The number of ether oxygens (including phenoxy) is 2. The van der Waals surface area contributed by atoms with Gasteiger partial charge in [0.25, 0.3) is 0 Å². The third-order valence-electron chi connectivity index (χ3n) is 26.5. The second kappa shape index (κ2) is 24.1. The first kappa shape index (κ1) is 60.9. The molecule has 0 saturated heterocycles. The summed E-state index contributed by atoms with van der Waals surface area (Å²) in [7, 11) is 0. The Labute approximate surface area is 485 Å². The zero-order chi connectivity index (χ0) is 56.9. The third kappa shape index (κ3) is 11.9. The summed E-state index contributed by atoms with van der Waals surface area (Å²) in [6.45, 7) is 36.6. The maximum absolute atomic E-state index is 6.72. The Morgan fingerprint density at radius 3 is 1.27 bits per heavy atom. The van der Waals surface area contributed by atoms with Crippen molar-refractivity contribution in [3.63, 3.8) is 0 Å². The number of anilines is 4. The summed E-state index contributed by atoms with van der Waals surface area (Å²) in [4.78, 5) is 0. The van der Waals surface area contributed by atoms with Gasteiger partial charge in [0, 0.05) is 36.0 Å². The molecule has 79 heavy (non-hydrogen) atoms. The van der Waals surface area contributed by atoms with Crippen molar-refractivity contribution in [3.05, 3.63) is 60.2 Å². The fourth-order valence-corrected chi connectivity index (χ4v) is 23.0. The molecule has 10 rings (SSSR count). The van der Waals surface area contributed by atoms with Crippen LogP contribution in [0.2, 0.25) is 0 Å². The zero-order valence-corrected chi connectivity index (χ0v) is 52.9. The summed E-state index contributed by atoms with van der Waals surface area (Å²) >= 11 is 0. The van der Waals surface area contributed by atoms with Crippen molar-refractivity contribution in [3.8, 4) is 0 Å². The molecule has 8 aliphatic carbocycles. The Morgan fingerprint density at radius 1 is 0.468 bits per heavy atom. The van der Waals surface area contributed by atoms with E-state index < -0.39 is 0 Å². The van der Waals surface area contributed by atoms with Gasteiger partial charge in [-0.25, -0.2) is 0 Å². The molecule has 18 atom stereocenters. The van der Waals surface area contributed by atoms with Crippen LogP contribution in [0.4, 0.5) is 22.7 Å². The van der Waals surface area contributed by atoms with Gasteiger partial charge in [0.2, 0.25) is 0 Å². The first-order valence-corrected chi connectivity index (χ1v) is 33.5. The minimum atomic E-state index is 0.233. The zero-order valence-electron chi connectivity index (χ0n) is 52.9. The van der Waals surface area contributed by atoms with E-state index in [0.717, 1.165) is 139 Å². The van der Waals surface area contributed by atoms with Crippen molar-refractivity contribution in [2.45, 2.75) is 249 Å². The number of nitrogens with two attached hydrogens (primary N) is 4. The largest absolute Gasteiger partial charge is 0.399 e. The maximum Gasteiger partial charge on any atom is 0.0629 e. The Morgan fingerprint density at radius 2 is 0.861 bits per heavy atom. The van der Waals surface area contributed by atoms with Crippen molar-refractivity contribution >= 4 is 22.7 Å². The average molecular weight is 1090 g/mol. The summed E-state index contributed by atoms with van der Waals surface area (Å²) < 4.78 is 13.4. The van der Waals surface area contributed by atoms with E-state index in [9.17, 15) is 0 Å². The van der Waals surface area contributed by atoms with E-state index in [-0.39, 0.29) is 10.8 Å². The molecule has 0 bridgehead atoms. The first-order chi connectivity index (χ1) is 37.4. The van der Waals surface area contributed by atoms with Gasteiger partial charge in [0.1, 0.15) is 0 Å². The van der Waals surface area contributed by atoms with Crippen LogP contribution in [0, 0.1) is 109 Å². The number of benzene rings is 2. The number of rotatable bonds is 18. The molecule has 8 aliphatic rings. The predicted molar refractivity (Wildman–Crippen MR) is 337 cm³/mol. The van der Waals surface area contributed by atoms with Crippen LogP contribution in [-0.4, -0.2) is 25.4 Å². The second-order valence-electron chi connectivity index (χ2n) is 31.9. The lowest BCUT2D eigenvalue weighted by molar-refractivity contribution is -0.190. The molecule has 4 unspecified atom stereocenters. The van der Waals surface area contributed by atoms with E-state index in [4.69, 9.17) is 32.4 Å². The van der Waals surface area contributed by atoms with E-state index >= 15 is 0 Å². The lowest BCUT2D eigenvalue weighted by Gasteiger charge is -2.65. The number of aryl methyl sites for hydroxylation is 2. The molecule has 0 amide bonds. The standard InChI is InChI=1S/C38H64N2O.C35H56N2O/c1-25(2)10-8-11-26(3)31-14-15-32-30-13-16-34-36(4,5)35(18-20-38(34,7)33(30)17-19-37(31,32)6)41-21-9-12-27-22-28(39)24-29(40)23-27;1-7-9-23(2)28-12-13-29-27-11-14-31-33(3,4)32(16-18-35(31,6)30(27)15-17-34(28,29)5)38-19-8-10-24-20-25(36)22-26(37)21-24/h22-26,30-35H,8-21,39-40H2,1-7H3;7,20-23,27-32H,1,8-19,36-37H2,2-6H3/t26-,30+,31-,32+,33+,34?,35?,37-,38-;23-,27+,28-,29+,30+,31?,32?,34-,35-/m11/s1. The monoisotopic (exact) mass is 1080 g/mol. The highest BCUT2D eigenvalue weighted by molar-refractivity contribution is 5.55. The number of allylic oxidation sites excluding steroid dienone is 1. The highest BCUT2D eigenvalue weighted by atomic mass is 16.5. The minimum Gasteiger partial charge on any atom is -0.399 e. The molecule has 2 aromatic carbocycles. The van der Waals surface area contributed by atoms with Crippen LogP contribution < -0.4 is 22.9 Å². The minimum absolute atomic E-state index is 0.233. The fourth-order valence-electron chi connectivity index (χ4n) is 23.0. The smallest absolute Gasteiger partial charge is 0.0629 e. The Kier molecular flexibility index (Phi) is 18.6. The van der Waals surface area contributed by atoms with Gasteiger partial charge in [0.15, 0.2) is 0 Å². The van der Waals surface area contributed by atoms with Crippen LogP contribution in [-0.2, 0) is 22.3 Å². The molecule has 0 radical (unpaired) electrons. The van der Waals surface area contributed by atoms with Crippen molar-refractivity contribution in [2.24, 2.45) is 109 Å². The molecule has 8 N–H and O–H groups in total. The van der Waals surface area contributed by atoms with Gasteiger partial charge >= 0.3 is 0 Å². The summed E-state index contributed by atoms with van der Waals surface area (Å²) in [5, 5.41) is 0. The highest BCUT2D eigenvalue weighted by Gasteiger charge is 2.65. The lowest BCUT2D eigenvalue weighted by Crippen LogP contribution is -2.59. The van der Waals surface area contributed by atoms with Crippen molar-refractivity contribution in [1.82, 2.24) is 0 Å². The average Bonchev–Trinajstić information content (AvgIpc) is 3.98. The van der Waals surface area contributed by atoms with Gasteiger partial charge < -0.3 is 32.4 Å². The first-order valence-electron chi connectivity index (χ1n) is 33.5. The van der Waals surface area contributed by atoms with Crippen molar-refractivity contribution < 1.29 is 9.47 Å². The number of fused-ring (bicyclic) bond motifs is 10. The maximum atomic E-state index is 6.72. The van der Waals surface area contributed by atoms with E-state index in [1.165, 1.54) is 140 Å². The van der Waals surface area contributed by atoms with Crippen molar-refractivity contribution in [2.75, 3.05) is 36.1 Å². The highest BCUT2D eigenvalue weighted by Crippen LogP contribution is 2.72. The normalized spacial score (nSPS) is 39.6. The lowest BCUT2D eigenvalue weighted by atomic mass is 9.41. The predicted octanol–water partition coefficient (Wildman–Crippen LogP) is 18.6. The van der Waals surface area contributed by atoms with Gasteiger partial charge in [-0.2, -0.15) is 0 Å². The van der Waals surface area contributed by atoms with Crippen molar-refractivity contribution in [1.29, 1.82) is 0 Å². The molecule has 0 aromatic heterocycles. The van der Waals surface area contributed by atoms with Gasteiger partial charge in [-0.3, -0.25) is 0 Å². The molecule has 0 aliphatic heterocycles. The van der Waals surface area contributed by atoms with Crippen LogP contribution in [0.1, 0.15) is 235 Å². The molecule has 8 fully saturated rings. The molecular weight excluding hydrogens is 965 g/mol. The number of hydrogen-bond donors (Lipinski definition) is 4. The fraction of sp³-hybridized carbons (Fsp3) is 0.808. The molecule has 2 aromatic rings. The van der Waals surface area contributed by atoms with E-state index in [1.807, 2.05) is 24.3 Å². The molecule has 6 heteroatoms. The molecular formula is C73H120N4O2. The number of nitrogen functional groups attached to an aromatic ring is 4. The van der Waals surface area contributed by atoms with E-state index in [2.05, 4.69) is 108 Å². The SMILES string of the molecule is C=CC[C@@H](C)[C@H]1CC[C@H]2[C@@H]3CCC4C(C)(C)C(OCCCc5cc(N)cc(N)c5)CC[C@]4(C)[C@H]3CC[C@]12C.CC(C)CCC[C@@H](C)[C@H]1CC[C@H]2[C@@H]3CCC4C(C)(C)C(OCCCc5cc(N)cc(N)c5)CC[C@]4(C)[C@H]3CC[C@]12C. The molecule has 444 valence electrons. The molecule has 0 spiro atoms. The Bertz CT molecular complexity index is 2320. The molecule has 8 saturated carbocycles. The Hall–Kier alpha value is -2.70. The third-order valence-corrected chi connectivity index (χ3v) is 26.5. The second-order valence-corrected chi connectivity index (χ2v) is 31.9. The van der Waals surface area contributed by atoms with E-state index in [1.54, 1.807) is 0 Å². The van der Waals surface area contributed by atoms with Crippen LogP contribution in [0.25, 0.3) is 0 Å². The summed E-state index contributed by atoms with van der Waals surface area (Å²) in [5.41, 5.74) is 32.0. The Balaban J connectivity index is 0.000000192. The van der Waals surface area contributed by atoms with E-state index in [0.29, 0.717) is 33.9 Å². The van der Waals surface area contributed by atoms with Crippen LogP contribution in [0.3, 0.4) is 0 Å². The van der Waals surface area contributed by atoms with Crippen LogP contribution >= 0.6 is 0 Å². The number of hydrogen-bond acceptors (Lipinski definition) is 6. The summed E-state index contributed by atoms with van der Waals surface area (Å²) in [6, 6.07) is 11.9.